The third-order valence-corrected chi connectivity index (χ3v) is 5.58. The lowest BCUT2D eigenvalue weighted by Gasteiger charge is -2.11. The smallest absolute Gasteiger partial charge is 0.223 e. The third kappa shape index (κ3) is 2.03. The van der Waals surface area contributed by atoms with Crippen molar-refractivity contribution in [2.45, 2.75) is 43.4 Å². The molecule has 1 N–H and O–H groups in total. The molecular weight excluding hydrogens is 266 g/mol. The summed E-state index contributed by atoms with van der Waals surface area (Å²) >= 11 is 3.65. The molecule has 3 aliphatic rings. The largest absolute Gasteiger partial charge is 0.356 e. The van der Waals surface area contributed by atoms with Gasteiger partial charge in [0, 0.05) is 17.3 Å². The minimum absolute atomic E-state index is 0.354. The summed E-state index contributed by atoms with van der Waals surface area (Å²) in [5.74, 6) is 2.98. The molecule has 0 aliphatic heterocycles. The van der Waals surface area contributed by atoms with Gasteiger partial charge < -0.3 is 5.32 Å². The van der Waals surface area contributed by atoms with E-state index in [9.17, 15) is 4.79 Å². The van der Waals surface area contributed by atoms with Crippen molar-refractivity contribution in [1.29, 1.82) is 0 Å². The molecule has 3 saturated carbocycles. The van der Waals surface area contributed by atoms with Crippen LogP contribution in [0.5, 0.6) is 0 Å². The number of carbonyl (C=O) groups is 1. The van der Waals surface area contributed by atoms with E-state index in [1.807, 2.05) is 0 Å². The Hall–Kier alpha value is -0.0500. The quantitative estimate of drug-likeness (QED) is 0.794. The minimum Gasteiger partial charge on any atom is -0.356 e. The molecule has 0 aromatic rings. The third-order valence-electron chi connectivity index (χ3n) is 4.75. The predicted molar refractivity (Wildman–Crippen MR) is 67.4 cm³/mol. The topological polar surface area (TPSA) is 29.1 Å². The standard InChI is InChI=1S/C13H20BrNO/c14-9-5-4-8(6-9)7-15-13(16)12-10-2-1-3-11(10)12/h8-12H,1-7H2,(H,15,16). The van der Waals surface area contributed by atoms with Crippen molar-refractivity contribution in [2.24, 2.45) is 23.7 Å². The van der Waals surface area contributed by atoms with Crippen LogP contribution < -0.4 is 5.32 Å². The Balaban J connectivity index is 1.41. The molecule has 4 atom stereocenters. The van der Waals surface area contributed by atoms with Gasteiger partial charge >= 0.3 is 0 Å². The van der Waals surface area contributed by atoms with Crippen LogP contribution >= 0.6 is 15.9 Å². The molecule has 16 heavy (non-hydrogen) atoms. The highest BCUT2D eigenvalue weighted by Crippen LogP contribution is 2.57. The number of halogens is 1. The Labute approximate surface area is 106 Å². The fraction of sp³-hybridized carbons (Fsp3) is 0.923. The van der Waals surface area contributed by atoms with Gasteiger partial charge in [-0.15, -0.1) is 0 Å². The Morgan fingerprint density at radius 2 is 1.94 bits per heavy atom. The van der Waals surface area contributed by atoms with E-state index in [0.29, 0.717) is 22.6 Å². The highest BCUT2D eigenvalue weighted by molar-refractivity contribution is 9.09. The first-order valence-corrected chi connectivity index (χ1v) is 7.59. The van der Waals surface area contributed by atoms with E-state index < -0.39 is 0 Å². The molecule has 0 radical (unpaired) electrons. The summed E-state index contributed by atoms with van der Waals surface area (Å²) in [6, 6.07) is 0. The molecule has 0 heterocycles. The van der Waals surface area contributed by atoms with E-state index in [4.69, 9.17) is 0 Å². The molecule has 0 aromatic heterocycles. The molecule has 4 unspecified atom stereocenters. The van der Waals surface area contributed by atoms with Gasteiger partial charge in [0.25, 0.3) is 0 Å². The molecule has 3 aliphatic carbocycles. The lowest BCUT2D eigenvalue weighted by Crippen LogP contribution is -2.31. The molecule has 90 valence electrons. The predicted octanol–water partition coefficient (Wildman–Crippen LogP) is 2.71. The lowest BCUT2D eigenvalue weighted by molar-refractivity contribution is -0.123. The SMILES string of the molecule is O=C(NCC1CCC(Br)C1)C1C2CCCC21. The summed E-state index contributed by atoms with van der Waals surface area (Å²) in [5.41, 5.74) is 0. The van der Waals surface area contributed by atoms with Gasteiger partial charge in [0.1, 0.15) is 0 Å². The number of carbonyl (C=O) groups excluding carboxylic acids is 1. The molecule has 0 saturated heterocycles. The molecule has 0 spiro atoms. The summed E-state index contributed by atoms with van der Waals surface area (Å²) in [6.07, 6.45) is 7.74. The number of rotatable bonds is 3. The van der Waals surface area contributed by atoms with Crippen molar-refractivity contribution in [3.8, 4) is 0 Å². The van der Waals surface area contributed by atoms with Gasteiger partial charge in [-0.1, -0.05) is 22.4 Å². The number of alkyl halides is 1. The average Bonchev–Trinajstić information content (AvgIpc) is 2.68. The van der Waals surface area contributed by atoms with Crippen LogP contribution in [0.3, 0.4) is 0 Å². The number of amides is 1. The zero-order valence-electron chi connectivity index (χ0n) is 9.62. The van der Waals surface area contributed by atoms with E-state index in [1.54, 1.807) is 0 Å². The van der Waals surface area contributed by atoms with Gasteiger partial charge in [-0.2, -0.15) is 0 Å². The van der Waals surface area contributed by atoms with E-state index in [0.717, 1.165) is 18.4 Å². The zero-order valence-corrected chi connectivity index (χ0v) is 11.2. The van der Waals surface area contributed by atoms with Crippen molar-refractivity contribution in [1.82, 2.24) is 5.32 Å². The van der Waals surface area contributed by atoms with Crippen LogP contribution in [0.1, 0.15) is 38.5 Å². The average molecular weight is 286 g/mol. The van der Waals surface area contributed by atoms with Crippen LogP contribution in [0.4, 0.5) is 0 Å². The van der Waals surface area contributed by atoms with Crippen molar-refractivity contribution < 1.29 is 4.79 Å². The van der Waals surface area contributed by atoms with Crippen molar-refractivity contribution in [3.63, 3.8) is 0 Å². The fourth-order valence-corrected chi connectivity index (χ4v) is 4.57. The van der Waals surface area contributed by atoms with Gasteiger partial charge in [0.05, 0.1) is 0 Å². The van der Waals surface area contributed by atoms with Crippen LogP contribution in [0.15, 0.2) is 0 Å². The van der Waals surface area contributed by atoms with E-state index in [1.165, 1.54) is 38.5 Å². The minimum atomic E-state index is 0.354. The lowest BCUT2D eigenvalue weighted by atomic mass is 10.1. The molecule has 2 nitrogen and oxygen atoms in total. The number of hydrogen-bond acceptors (Lipinski definition) is 1. The van der Waals surface area contributed by atoms with E-state index in [-0.39, 0.29) is 0 Å². The second-order valence-corrected chi connectivity index (χ2v) is 7.10. The van der Waals surface area contributed by atoms with Gasteiger partial charge in [0.15, 0.2) is 0 Å². The monoisotopic (exact) mass is 285 g/mol. The van der Waals surface area contributed by atoms with Crippen LogP contribution in [0.2, 0.25) is 0 Å². The van der Waals surface area contributed by atoms with E-state index >= 15 is 0 Å². The van der Waals surface area contributed by atoms with Crippen molar-refractivity contribution in [3.05, 3.63) is 0 Å². The van der Waals surface area contributed by atoms with Gasteiger partial charge in [-0.3, -0.25) is 4.79 Å². The second-order valence-electron chi connectivity index (χ2n) is 5.81. The summed E-state index contributed by atoms with van der Waals surface area (Å²) in [5, 5.41) is 3.18. The van der Waals surface area contributed by atoms with Crippen LogP contribution in [-0.2, 0) is 4.79 Å². The first-order chi connectivity index (χ1) is 7.75. The first kappa shape index (κ1) is 11.1. The van der Waals surface area contributed by atoms with E-state index in [2.05, 4.69) is 21.2 Å². The second kappa shape index (κ2) is 4.32. The van der Waals surface area contributed by atoms with Crippen LogP contribution in [-0.4, -0.2) is 17.3 Å². The first-order valence-electron chi connectivity index (χ1n) is 6.67. The highest BCUT2D eigenvalue weighted by Gasteiger charge is 2.56. The number of nitrogens with one attached hydrogen (secondary N) is 1. The normalized spacial score (nSPS) is 45.4. The highest BCUT2D eigenvalue weighted by atomic mass is 79.9. The number of fused-ring (bicyclic) bond motifs is 1. The van der Waals surface area contributed by atoms with Gasteiger partial charge in [-0.25, -0.2) is 0 Å². The molecule has 0 bridgehead atoms. The summed E-state index contributed by atoms with van der Waals surface area (Å²) in [4.78, 5) is 12.6. The molecule has 3 fully saturated rings. The maximum atomic E-state index is 11.9. The van der Waals surface area contributed by atoms with Crippen LogP contribution in [0.25, 0.3) is 0 Å². The summed E-state index contributed by atoms with van der Waals surface area (Å²) in [7, 11) is 0. The van der Waals surface area contributed by atoms with Crippen molar-refractivity contribution in [2.75, 3.05) is 6.54 Å². The Morgan fingerprint density at radius 3 is 2.56 bits per heavy atom. The summed E-state index contributed by atoms with van der Waals surface area (Å²) < 4.78 is 0. The molecular formula is C13H20BrNO. The van der Waals surface area contributed by atoms with Gasteiger partial charge in [-0.05, 0) is 49.9 Å². The maximum absolute atomic E-state index is 11.9. The molecule has 3 rings (SSSR count). The zero-order chi connectivity index (χ0) is 11.1. The van der Waals surface area contributed by atoms with Crippen LogP contribution in [0, 0.1) is 23.7 Å². The molecule has 0 aromatic carbocycles. The van der Waals surface area contributed by atoms with Crippen molar-refractivity contribution >= 4 is 21.8 Å². The Bertz CT molecular complexity index is 284. The fourth-order valence-electron chi connectivity index (χ4n) is 3.77. The summed E-state index contributed by atoms with van der Waals surface area (Å²) in [6.45, 7) is 0.914. The number of hydrogen-bond donors (Lipinski definition) is 1. The maximum Gasteiger partial charge on any atom is 0.223 e. The molecule has 1 amide bonds. The Kier molecular flexibility index (Phi) is 2.99. The van der Waals surface area contributed by atoms with Gasteiger partial charge in [0.2, 0.25) is 5.91 Å². The Morgan fingerprint density at radius 1 is 1.19 bits per heavy atom. The molecule has 3 heteroatoms.